The molecule has 3 nitrogen and oxygen atoms in total. The third-order valence-electron chi connectivity index (χ3n) is 2.08. The maximum Gasteiger partial charge on any atom is 0.224 e. The Morgan fingerprint density at radius 1 is 1.64 bits per heavy atom. The minimum atomic E-state index is -0.553. The number of aliphatic hydroxyl groups excluding tert-OH is 1. The van der Waals surface area contributed by atoms with E-state index in [0.29, 0.717) is 12.8 Å². The number of hydrogen-bond donors (Lipinski definition) is 1. The van der Waals surface area contributed by atoms with Crippen LogP contribution in [0.25, 0.3) is 0 Å². The molecule has 1 heterocycles. The van der Waals surface area contributed by atoms with E-state index in [2.05, 4.69) is 0 Å². The third-order valence-corrected chi connectivity index (χ3v) is 2.08. The molecule has 0 aromatic heterocycles. The second-order valence-corrected chi connectivity index (χ2v) is 2.93. The highest BCUT2D eigenvalue weighted by Crippen LogP contribution is 2.13. The number of amides is 1. The van der Waals surface area contributed by atoms with Crippen LogP contribution in [0.4, 0.5) is 0 Å². The Kier molecular flexibility index (Phi) is 2.88. The average Bonchev–Trinajstić information content (AvgIpc) is 2.04. The number of likely N-dealkylation sites (tertiary alicyclic amines) is 1. The van der Waals surface area contributed by atoms with Gasteiger partial charge in [0, 0.05) is 13.0 Å². The summed E-state index contributed by atoms with van der Waals surface area (Å²) in [7, 11) is 0. The van der Waals surface area contributed by atoms with E-state index in [1.54, 1.807) is 4.90 Å². The van der Waals surface area contributed by atoms with Crippen LogP contribution in [0.5, 0.6) is 0 Å². The lowest BCUT2D eigenvalue weighted by Gasteiger charge is -2.30. The zero-order valence-corrected chi connectivity index (χ0v) is 6.92. The summed E-state index contributed by atoms with van der Waals surface area (Å²) in [5.74, 6) is 0.102. The van der Waals surface area contributed by atoms with Crippen molar-refractivity contribution in [1.29, 1.82) is 0 Å². The van der Waals surface area contributed by atoms with Crippen molar-refractivity contribution in [2.24, 2.45) is 0 Å². The second kappa shape index (κ2) is 3.72. The number of carbonyl (C=O) groups excluding carboxylic acids is 1. The molecule has 1 N–H and O–H groups in total. The highest BCUT2D eigenvalue weighted by molar-refractivity contribution is 5.76. The molecule has 0 bridgehead atoms. The Bertz CT molecular complexity index is 147. The van der Waals surface area contributed by atoms with E-state index in [1.165, 1.54) is 0 Å². The molecule has 1 rings (SSSR count). The smallest absolute Gasteiger partial charge is 0.224 e. The van der Waals surface area contributed by atoms with Crippen LogP contribution in [-0.4, -0.2) is 28.7 Å². The van der Waals surface area contributed by atoms with Gasteiger partial charge in [0.2, 0.25) is 5.91 Å². The van der Waals surface area contributed by atoms with Crippen molar-refractivity contribution in [1.82, 2.24) is 4.90 Å². The minimum Gasteiger partial charge on any atom is -0.374 e. The fraction of sp³-hybridized carbons (Fsp3) is 0.875. The summed E-state index contributed by atoms with van der Waals surface area (Å²) in [4.78, 5) is 12.7. The van der Waals surface area contributed by atoms with Crippen LogP contribution < -0.4 is 0 Å². The number of rotatable bonds is 2. The maximum absolute atomic E-state index is 11.2. The normalized spacial score (nSPS) is 22.0. The van der Waals surface area contributed by atoms with Crippen LogP contribution in [-0.2, 0) is 4.79 Å². The number of aliphatic hydroxyl groups is 1. The molecule has 0 radical (unpaired) electrons. The topological polar surface area (TPSA) is 40.5 Å². The lowest BCUT2D eigenvalue weighted by molar-refractivity contribution is -0.144. The molecule has 1 fully saturated rings. The van der Waals surface area contributed by atoms with Gasteiger partial charge in [0.25, 0.3) is 0 Å². The molecule has 0 spiro atoms. The number of carbonyl (C=O) groups is 1. The number of nitrogens with zero attached hydrogens (tertiary/aromatic N) is 1. The highest BCUT2D eigenvalue weighted by Gasteiger charge is 2.22. The summed E-state index contributed by atoms with van der Waals surface area (Å²) >= 11 is 0. The summed E-state index contributed by atoms with van der Waals surface area (Å²) in [6.45, 7) is 2.61. The van der Waals surface area contributed by atoms with E-state index >= 15 is 0 Å². The average molecular weight is 157 g/mol. The van der Waals surface area contributed by atoms with E-state index in [1.807, 2.05) is 6.92 Å². The predicted octanol–water partition coefficient (Wildman–Crippen LogP) is 0.727. The first kappa shape index (κ1) is 8.53. The van der Waals surface area contributed by atoms with Gasteiger partial charge in [-0.1, -0.05) is 6.92 Å². The van der Waals surface area contributed by atoms with Crippen molar-refractivity contribution in [2.75, 3.05) is 6.54 Å². The van der Waals surface area contributed by atoms with Gasteiger partial charge in [0.05, 0.1) is 0 Å². The van der Waals surface area contributed by atoms with Crippen molar-refractivity contribution in [3.05, 3.63) is 0 Å². The van der Waals surface area contributed by atoms with Crippen molar-refractivity contribution < 1.29 is 9.90 Å². The van der Waals surface area contributed by atoms with Crippen molar-refractivity contribution in [3.63, 3.8) is 0 Å². The largest absolute Gasteiger partial charge is 0.374 e. The first-order chi connectivity index (χ1) is 5.25. The molecular weight excluding hydrogens is 142 g/mol. The van der Waals surface area contributed by atoms with Crippen LogP contribution in [0.2, 0.25) is 0 Å². The van der Waals surface area contributed by atoms with Gasteiger partial charge in [-0.05, 0) is 19.3 Å². The van der Waals surface area contributed by atoms with E-state index in [-0.39, 0.29) is 5.91 Å². The predicted molar refractivity (Wildman–Crippen MR) is 41.9 cm³/mol. The maximum atomic E-state index is 11.2. The fourth-order valence-electron chi connectivity index (χ4n) is 1.36. The number of piperidine rings is 1. The van der Waals surface area contributed by atoms with Crippen LogP contribution in [0.15, 0.2) is 0 Å². The molecule has 0 aromatic rings. The molecule has 1 unspecified atom stereocenters. The minimum absolute atomic E-state index is 0.102. The molecule has 1 atom stereocenters. The Morgan fingerprint density at radius 3 is 2.91 bits per heavy atom. The van der Waals surface area contributed by atoms with Gasteiger partial charge >= 0.3 is 0 Å². The monoisotopic (exact) mass is 157 g/mol. The summed E-state index contributed by atoms with van der Waals surface area (Å²) < 4.78 is 0. The molecule has 0 saturated carbocycles. The lowest BCUT2D eigenvalue weighted by atomic mass is 10.1. The zero-order valence-electron chi connectivity index (χ0n) is 6.92. The van der Waals surface area contributed by atoms with Gasteiger partial charge in [-0.15, -0.1) is 0 Å². The van der Waals surface area contributed by atoms with E-state index < -0.39 is 6.23 Å². The van der Waals surface area contributed by atoms with Gasteiger partial charge in [-0.2, -0.15) is 0 Å². The standard InChI is InChI=1S/C8H15NO2/c1-2-7(10)9-6-4-3-5-8(9)11/h7,10H,2-6H2,1H3. The van der Waals surface area contributed by atoms with Gasteiger partial charge < -0.3 is 10.0 Å². The second-order valence-electron chi connectivity index (χ2n) is 2.93. The zero-order chi connectivity index (χ0) is 8.27. The van der Waals surface area contributed by atoms with E-state index in [9.17, 15) is 9.90 Å². The molecule has 1 aliphatic heterocycles. The Balaban J connectivity index is 2.47. The molecule has 3 heteroatoms. The summed E-state index contributed by atoms with van der Waals surface area (Å²) in [6.07, 6.45) is 2.69. The summed E-state index contributed by atoms with van der Waals surface area (Å²) in [6, 6.07) is 0. The summed E-state index contributed by atoms with van der Waals surface area (Å²) in [5, 5.41) is 9.36. The molecule has 11 heavy (non-hydrogen) atoms. The van der Waals surface area contributed by atoms with Gasteiger partial charge in [-0.3, -0.25) is 4.79 Å². The van der Waals surface area contributed by atoms with Crippen molar-refractivity contribution in [3.8, 4) is 0 Å². The first-order valence-electron chi connectivity index (χ1n) is 4.23. The van der Waals surface area contributed by atoms with Crippen LogP contribution in [0, 0.1) is 0 Å². The molecule has 0 aromatic carbocycles. The van der Waals surface area contributed by atoms with Crippen LogP contribution in [0.3, 0.4) is 0 Å². The Labute approximate surface area is 67.0 Å². The van der Waals surface area contributed by atoms with Crippen LogP contribution in [0.1, 0.15) is 32.6 Å². The highest BCUT2D eigenvalue weighted by atomic mass is 16.3. The lowest BCUT2D eigenvalue weighted by Crippen LogP contribution is -2.42. The third kappa shape index (κ3) is 1.93. The van der Waals surface area contributed by atoms with Crippen LogP contribution >= 0.6 is 0 Å². The Hall–Kier alpha value is -0.570. The first-order valence-corrected chi connectivity index (χ1v) is 4.23. The molecule has 1 amide bonds. The molecule has 64 valence electrons. The van der Waals surface area contributed by atoms with Gasteiger partial charge in [0.1, 0.15) is 6.23 Å². The van der Waals surface area contributed by atoms with Crippen molar-refractivity contribution in [2.45, 2.75) is 38.8 Å². The summed E-state index contributed by atoms with van der Waals surface area (Å²) in [5.41, 5.74) is 0. The van der Waals surface area contributed by atoms with E-state index in [0.717, 1.165) is 19.4 Å². The van der Waals surface area contributed by atoms with Crippen molar-refractivity contribution >= 4 is 5.91 Å². The van der Waals surface area contributed by atoms with Gasteiger partial charge in [-0.25, -0.2) is 0 Å². The molecule has 1 saturated heterocycles. The van der Waals surface area contributed by atoms with E-state index in [4.69, 9.17) is 0 Å². The molecular formula is C8H15NO2. The quantitative estimate of drug-likeness (QED) is 0.642. The SMILES string of the molecule is CCC(O)N1CCCCC1=O. The van der Waals surface area contributed by atoms with Gasteiger partial charge in [0.15, 0.2) is 0 Å². The Morgan fingerprint density at radius 2 is 2.36 bits per heavy atom. The molecule has 1 aliphatic rings. The molecule has 0 aliphatic carbocycles. The number of hydrogen-bond acceptors (Lipinski definition) is 2. The fourth-order valence-corrected chi connectivity index (χ4v) is 1.36.